The number of nitrogens with zero attached hydrogens (tertiary/aromatic N) is 1. The lowest BCUT2D eigenvalue weighted by molar-refractivity contribution is 0.397. The zero-order chi connectivity index (χ0) is 13.2. The first-order chi connectivity index (χ1) is 8.80. The minimum atomic E-state index is 0.427. The molecule has 0 saturated carbocycles. The molecule has 0 aliphatic rings. The van der Waals surface area contributed by atoms with E-state index in [0.717, 1.165) is 32.2 Å². The highest BCUT2D eigenvalue weighted by molar-refractivity contribution is 5.18. The summed E-state index contributed by atoms with van der Waals surface area (Å²) >= 11 is 0. The molecule has 0 aliphatic heterocycles. The third-order valence-corrected chi connectivity index (χ3v) is 2.81. The van der Waals surface area contributed by atoms with E-state index in [4.69, 9.17) is 11.2 Å². The van der Waals surface area contributed by atoms with Crippen LogP contribution in [0.5, 0.6) is 5.88 Å². The first-order valence-corrected chi connectivity index (χ1v) is 6.46. The average Bonchev–Trinajstić information content (AvgIpc) is 2.42. The molecule has 3 heteroatoms. The van der Waals surface area contributed by atoms with E-state index in [1.807, 2.05) is 12.3 Å². The summed E-state index contributed by atoms with van der Waals surface area (Å²) in [5.41, 5.74) is 1.21. The standard InChI is InChI=1S/C15H22N2O/c1-4-6-7-14(16-10-5-2)11-13-8-9-15(18-3)17-12-13/h1,8-9,12,14,16H,5-7,10-11H2,2-3H3. The predicted molar refractivity (Wildman–Crippen MR) is 74.6 cm³/mol. The van der Waals surface area contributed by atoms with Crippen LogP contribution >= 0.6 is 0 Å². The molecule has 98 valence electrons. The van der Waals surface area contributed by atoms with Crippen molar-refractivity contribution in [2.24, 2.45) is 0 Å². The first kappa shape index (κ1) is 14.5. The van der Waals surface area contributed by atoms with Crippen molar-refractivity contribution in [2.45, 2.75) is 38.6 Å². The monoisotopic (exact) mass is 246 g/mol. The molecule has 0 fully saturated rings. The van der Waals surface area contributed by atoms with Crippen molar-refractivity contribution >= 4 is 0 Å². The van der Waals surface area contributed by atoms with Crippen molar-refractivity contribution in [3.8, 4) is 18.2 Å². The Labute approximate surface area is 110 Å². The van der Waals surface area contributed by atoms with Gasteiger partial charge in [0.1, 0.15) is 0 Å². The van der Waals surface area contributed by atoms with Gasteiger partial charge >= 0.3 is 0 Å². The lowest BCUT2D eigenvalue weighted by Crippen LogP contribution is -2.31. The van der Waals surface area contributed by atoms with E-state index in [1.165, 1.54) is 5.56 Å². The van der Waals surface area contributed by atoms with E-state index in [1.54, 1.807) is 7.11 Å². The highest BCUT2D eigenvalue weighted by atomic mass is 16.5. The smallest absolute Gasteiger partial charge is 0.212 e. The molecule has 0 amide bonds. The quantitative estimate of drug-likeness (QED) is 0.715. The number of nitrogens with one attached hydrogen (secondary N) is 1. The fourth-order valence-corrected chi connectivity index (χ4v) is 1.82. The van der Waals surface area contributed by atoms with E-state index in [9.17, 15) is 0 Å². The molecule has 3 nitrogen and oxygen atoms in total. The molecule has 1 rings (SSSR count). The maximum atomic E-state index is 5.33. The SMILES string of the molecule is C#CCCC(Cc1ccc(OC)nc1)NCCC. The first-order valence-electron chi connectivity index (χ1n) is 6.46. The van der Waals surface area contributed by atoms with Gasteiger partial charge in [-0.1, -0.05) is 13.0 Å². The molecule has 0 saturated heterocycles. The maximum Gasteiger partial charge on any atom is 0.212 e. The van der Waals surface area contributed by atoms with Gasteiger partial charge in [-0.25, -0.2) is 4.98 Å². The number of terminal acetylenes is 1. The number of hydrogen-bond acceptors (Lipinski definition) is 3. The molecule has 0 aliphatic carbocycles. The molecular formula is C15H22N2O. The number of ether oxygens (including phenoxy) is 1. The summed E-state index contributed by atoms with van der Waals surface area (Å²) in [5.74, 6) is 3.36. The van der Waals surface area contributed by atoms with Crippen molar-refractivity contribution in [3.63, 3.8) is 0 Å². The summed E-state index contributed by atoms with van der Waals surface area (Å²) in [6, 6.07) is 4.38. The predicted octanol–water partition coefficient (Wildman–Crippen LogP) is 2.41. The number of rotatable bonds is 8. The van der Waals surface area contributed by atoms with E-state index in [2.05, 4.69) is 29.2 Å². The summed E-state index contributed by atoms with van der Waals surface area (Å²) in [6.07, 6.45) is 11.1. The topological polar surface area (TPSA) is 34.1 Å². The fraction of sp³-hybridized carbons (Fsp3) is 0.533. The van der Waals surface area contributed by atoms with E-state index in [-0.39, 0.29) is 0 Å². The summed E-state index contributed by atoms with van der Waals surface area (Å²) in [6.45, 7) is 3.19. The van der Waals surface area contributed by atoms with Crippen LogP contribution < -0.4 is 10.1 Å². The van der Waals surface area contributed by atoms with Crippen molar-refractivity contribution < 1.29 is 4.74 Å². The second-order valence-corrected chi connectivity index (χ2v) is 4.31. The van der Waals surface area contributed by atoms with Crippen LogP contribution in [0.1, 0.15) is 31.7 Å². The molecule has 0 spiro atoms. The van der Waals surface area contributed by atoms with Crippen LogP contribution in [0.25, 0.3) is 0 Å². The van der Waals surface area contributed by atoms with Gasteiger partial charge in [-0.3, -0.25) is 0 Å². The van der Waals surface area contributed by atoms with Crippen LogP contribution in [0.4, 0.5) is 0 Å². The molecule has 1 aromatic rings. The van der Waals surface area contributed by atoms with Gasteiger partial charge in [0.05, 0.1) is 7.11 Å². The normalized spacial score (nSPS) is 11.8. The largest absolute Gasteiger partial charge is 0.481 e. The zero-order valence-electron chi connectivity index (χ0n) is 11.3. The molecule has 1 atom stereocenters. The lowest BCUT2D eigenvalue weighted by Gasteiger charge is -2.17. The zero-order valence-corrected chi connectivity index (χ0v) is 11.3. The molecule has 18 heavy (non-hydrogen) atoms. The Balaban J connectivity index is 2.54. The summed E-state index contributed by atoms with van der Waals surface area (Å²) in [4.78, 5) is 4.22. The fourth-order valence-electron chi connectivity index (χ4n) is 1.82. The highest BCUT2D eigenvalue weighted by Gasteiger charge is 2.08. The van der Waals surface area contributed by atoms with Crippen LogP contribution in [-0.2, 0) is 6.42 Å². The van der Waals surface area contributed by atoms with Gasteiger partial charge in [0, 0.05) is 24.7 Å². The summed E-state index contributed by atoms with van der Waals surface area (Å²) in [7, 11) is 1.63. The van der Waals surface area contributed by atoms with Gasteiger partial charge < -0.3 is 10.1 Å². The van der Waals surface area contributed by atoms with Gasteiger partial charge in [-0.15, -0.1) is 12.3 Å². The molecule has 1 N–H and O–H groups in total. The number of hydrogen-bond donors (Lipinski definition) is 1. The minimum absolute atomic E-state index is 0.427. The number of methoxy groups -OCH3 is 1. The third kappa shape index (κ3) is 5.20. The van der Waals surface area contributed by atoms with Gasteiger partial charge in [-0.2, -0.15) is 0 Å². The van der Waals surface area contributed by atoms with E-state index < -0.39 is 0 Å². The Morgan fingerprint density at radius 2 is 2.33 bits per heavy atom. The number of pyridine rings is 1. The molecule has 0 bridgehead atoms. The number of aromatic nitrogens is 1. The molecule has 1 heterocycles. The van der Waals surface area contributed by atoms with Crippen molar-refractivity contribution in [1.29, 1.82) is 0 Å². The van der Waals surface area contributed by atoms with Crippen molar-refractivity contribution in [3.05, 3.63) is 23.9 Å². The minimum Gasteiger partial charge on any atom is -0.481 e. The van der Waals surface area contributed by atoms with Gasteiger partial charge in [-0.05, 0) is 31.4 Å². The van der Waals surface area contributed by atoms with E-state index in [0.29, 0.717) is 11.9 Å². The van der Waals surface area contributed by atoms with Crippen molar-refractivity contribution in [2.75, 3.05) is 13.7 Å². The van der Waals surface area contributed by atoms with E-state index >= 15 is 0 Å². The third-order valence-electron chi connectivity index (χ3n) is 2.81. The Kier molecular flexibility index (Phi) is 6.90. The second kappa shape index (κ2) is 8.54. The summed E-state index contributed by atoms with van der Waals surface area (Å²) in [5, 5.41) is 3.53. The van der Waals surface area contributed by atoms with Gasteiger partial charge in [0.15, 0.2) is 0 Å². The Morgan fingerprint density at radius 3 is 2.89 bits per heavy atom. The van der Waals surface area contributed by atoms with Crippen molar-refractivity contribution in [1.82, 2.24) is 10.3 Å². The van der Waals surface area contributed by atoms with Gasteiger partial charge in [0.25, 0.3) is 0 Å². The molecule has 0 aromatic carbocycles. The molecule has 1 unspecified atom stereocenters. The van der Waals surface area contributed by atoms with Crippen LogP contribution in [0.15, 0.2) is 18.3 Å². The summed E-state index contributed by atoms with van der Waals surface area (Å²) < 4.78 is 5.05. The highest BCUT2D eigenvalue weighted by Crippen LogP contribution is 2.10. The lowest BCUT2D eigenvalue weighted by atomic mass is 10.0. The average molecular weight is 246 g/mol. The maximum absolute atomic E-state index is 5.33. The van der Waals surface area contributed by atoms with Gasteiger partial charge in [0.2, 0.25) is 5.88 Å². The Bertz CT molecular complexity index is 367. The molecule has 0 radical (unpaired) electrons. The van der Waals surface area contributed by atoms with Crippen LogP contribution in [0.3, 0.4) is 0 Å². The Morgan fingerprint density at radius 1 is 1.50 bits per heavy atom. The second-order valence-electron chi connectivity index (χ2n) is 4.31. The molecular weight excluding hydrogens is 224 g/mol. The van der Waals surface area contributed by atoms with Crippen LogP contribution in [0.2, 0.25) is 0 Å². The van der Waals surface area contributed by atoms with Crippen LogP contribution in [0, 0.1) is 12.3 Å². The Hall–Kier alpha value is -1.53. The molecule has 1 aromatic heterocycles. The van der Waals surface area contributed by atoms with Crippen LogP contribution in [-0.4, -0.2) is 24.7 Å².